The first-order valence-electron chi connectivity index (χ1n) is 7.88. The van der Waals surface area contributed by atoms with E-state index < -0.39 is 0 Å². The number of nitrogens with zero attached hydrogens (tertiary/aromatic N) is 1. The average Bonchev–Trinajstić information content (AvgIpc) is 3.32. The summed E-state index contributed by atoms with van der Waals surface area (Å²) in [6, 6.07) is 6.44. The number of amides is 1. The zero-order valence-corrected chi connectivity index (χ0v) is 13.7. The van der Waals surface area contributed by atoms with E-state index in [4.69, 9.17) is 0 Å². The highest BCUT2D eigenvalue weighted by molar-refractivity contribution is 5.81. The van der Waals surface area contributed by atoms with Gasteiger partial charge in [0.2, 0.25) is 5.91 Å². The van der Waals surface area contributed by atoms with Crippen molar-refractivity contribution in [3.05, 3.63) is 34.9 Å². The summed E-state index contributed by atoms with van der Waals surface area (Å²) in [4.78, 5) is 15.7. The molecule has 0 bridgehead atoms. The lowest BCUT2D eigenvalue weighted by atomic mass is 10.1. The SMILES string of the molecule is CN=C(NCCNC(=O)C1CC1)NCc1ccc(C)cc1C. The molecule has 0 spiro atoms. The Hall–Kier alpha value is -2.04. The number of benzene rings is 1. The second kappa shape index (κ2) is 7.82. The van der Waals surface area contributed by atoms with E-state index in [1.54, 1.807) is 7.05 Å². The van der Waals surface area contributed by atoms with Crippen molar-refractivity contribution in [3.8, 4) is 0 Å². The molecule has 0 unspecified atom stereocenters. The van der Waals surface area contributed by atoms with Gasteiger partial charge in [-0.05, 0) is 37.8 Å². The molecule has 1 amide bonds. The minimum Gasteiger partial charge on any atom is -0.355 e. The lowest BCUT2D eigenvalue weighted by Gasteiger charge is -2.13. The topological polar surface area (TPSA) is 65.5 Å². The summed E-state index contributed by atoms with van der Waals surface area (Å²) in [5.74, 6) is 1.20. The summed E-state index contributed by atoms with van der Waals surface area (Å²) in [5, 5.41) is 9.43. The van der Waals surface area contributed by atoms with Crippen LogP contribution in [0.2, 0.25) is 0 Å². The first kappa shape index (κ1) is 16.3. The second-order valence-corrected chi connectivity index (χ2v) is 5.85. The molecule has 5 nitrogen and oxygen atoms in total. The highest BCUT2D eigenvalue weighted by atomic mass is 16.2. The fourth-order valence-electron chi connectivity index (χ4n) is 2.30. The van der Waals surface area contributed by atoms with Gasteiger partial charge in [0.05, 0.1) is 0 Å². The number of aryl methyl sites for hydroxylation is 2. The standard InChI is InChI=1S/C17H26N4O/c1-12-4-5-15(13(2)10-12)11-21-17(18-3)20-9-8-19-16(22)14-6-7-14/h4-5,10,14H,6-9,11H2,1-3H3,(H,19,22)(H2,18,20,21). The summed E-state index contributed by atoms with van der Waals surface area (Å²) < 4.78 is 0. The molecule has 1 fully saturated rings. The van der Waals surface area contributed by atoms with Crippen molar-refractivity contribution >= 4 is 11.9 Å². The Balaban J connectivity index is 1.69. The molecule has 1 saturated carbocycles. The van der Waals surface area contributed by atoms with Gasteiger partial charge in [-0.2, -0.15) is 0 Å². The molecule has 0 saturated heterocycles. The second-order valence-electron chi connectivity index (χ2n) is 5.85. The monoisotopic (exact) mass is 302 g/mol. The molecule has 0 atom stereocenters. The number of hydrogen-bond donors (Lipinski definition) is 3. The minimum absolute atomic E-state index is 0.181. The summed E-state index contributed by atoms with van der Waals surface area (Å²) in [6.45, 7) is 6.25. The highest BCUT2D eigenvalue weighted by Gasteiger charge is 2.28. The molecule has 1 aliphatic carbocycles. The highest BCUT2D eigenvalue weighted by Crippen LogP contribution is 2.28. The van der Waals surface area contributed by atoms with Crippen LogP contribution in [0.3, 0.4) is 0 Å². The predicted molar refractivity (Wildman–Crippen MR) is 89.9 cm³/mol. The maximum absolute atomic E-state index is 11.5. The van der Waals surface area contributed by atoms with E-state index in [9.17, 15) is 4.79 Å². The van der Waals surface area contributed by atoms with Crippen LogP contribution in [0.4, 0.5) is 0 Å². The van der Waals surface area contributed by atoms with Crippen molar-refractivity contribution in [1.82, 2.24) is 16.0 Å². The summed E-state index contributed by atoms with van der Waals surface area (Å²) >= 11 is 0. The van der Waals surface area contributed by atoms with Gasteiger partial charge in [0, 0.05) is 32.6 Å². The number of aliphatic imine (C=N–C) groups is 1. The third kappa shape index (κ3) is 5.06. The molecule has 0 heterocycles. The van der Waals surface area contributed by atoms with Gasteiger partial charge < -0.3 is 16.0 Å². The van der Waals surface area contributed by atoms with Crippen LogP contribution in [0, 0.1) is 19.8 Å². The van der Waals surface area contributed by atoms with E-state index >= 15 is 0 Å². The summed E-state index contributed by atoms with van der Waals surface area (Å²) in [6.07, 6.45) is 2.08. The molecule has 3 N–H and O–H groups in total. The van der Waals surface area contributed by atoms with Crippen molar-refractivity contribution in [2.24, 2.45) is 10.9 Å². The molecule has 0 aromatic heterocycles. The largest absolute Gasteiger partial charge is 0.355 e. The van der Waals surface area contributed by atoms with E-state index in [0.29, 0.717) is 13.1 Å². The number of rotatable bonds is 6. The van der Waals surface area contributed by atoms with Gasteiger partial charge in [-0.3, -0.25) is 9.79 Å². The van der Waals surface area contributed by atoms with Gasteiger partial charge >= 0.3 is 0 Å². The van der Waals surface area contributed by atoms with Gasteiger partial charge in [-0.1, -0.05) is 23.8 Å². The van der Waals surface area contributed by atoms with Crippen LogP contribution in [-0.4, -0.2) is 32.0 Å². The van der Waals surface area contributed by atoms with Gasteiger partial charge in [-0.15, -0.1) is 0 Å². The third-order valence-corrected chi connectivity index (χ3v) is 3.83. The van der Waals surface area contributed by atoms with E-state index in [0.717, 1.165) is 25.3 Å². The number of carbonyl (C=O) groups is 1. The van der Waals surface area contributed by atoms with Crippen molar-refractivity contribution in [2.45, 2.75) is 33.2 Å². The van der Waals surface area contributed by atoms with Crippen LogP contribution in [0.5, 0.6) is 0 Å². The predicted octanol–water partition coefficient (Wildman–Crippen LogP) is 1.49. The summed E-state index contributed by atoms with van der Waals surface area (Å²) in [5.41, 5.74) is 3.81. The molecule has 0 aliphatic heterocycles. The summed E-state index contributed by atoms with van der Waals surface area (Å²) in [7, 11) is 1.75. The van der Waals surface area contributed by atoms with Gasteiger partial charge in [0.1, 0.15) is 0 Å². The molecule has 1 aliphatic rings. The maximum Gasteiger partial charge on any atom is 0.223 e. The fraction of sp³-hybridized carbons (Fsp3) is 0.529. The first-order chi connectivity index (χ1) is 10.6. The van der Waals surface area contributed by atoms with Crippen LogP contribution >= 0.6 is 0 Å². The molecule has 2 rings (SSSR count). The van der Waals surface area contributed by atoms with E-state index in [-0.39, 0.29) is 11.8 Å². The van der Waals surface area contributed by atoms with Gasteiger partial charge in [0.25, 0.3) is 0 Å². The third-order valence-electron chi connectivity index (χ3n) is 3.83. The van der Waals surface area contributed by atoms with Crippen molar-refractivity contribution in [2.75, 3.05) is 20.1 Å². The average molecular weight is 302 g/mol. The Morgan fingerprint density at radius 1 is 1.18 bits per heavy atom. The van der Waals surface area contributed by atoms with E-state index in [1.165, 1.54) is 16.7 Å². The van der Waals surface area contributed by atoms with Crippen LogP contribution in [0.25, 0.3) is 0 Å². The first-order valence-corrected chi connectivity index (χ1v) is 7.88. The molecule has 120 valence electrons. The van der Waals surface area contributed by atoms with Crippen molar-refractivity contribution in [3.63, 3.8) is 0 Å². The molecule has 5 heteroatoms. The number of carbonyl (C=O) groups excluding carboxylic acids is 1. The molecule has 1 aromatic rings. The Labute approximate surface area is 132 Å². The Morgan fingerprint density at radius 3 is 2.55 bits per heavy atom. The van der Waals surface area contributed by atoms with Crippen molar-refractivity contribution < 1.29 is 4.79 Å². The smallest absolute Gasteiger partial charge is 0.223 e. The van der Waals surface area contributed by atoms with Crippen LogP contribution in [-0.2, 0) is 11.3 Å². The Morgan fingerprint density at radius 2 is 1.91 bits per heavy atom. The molecular formula is C17H26N4O. The maximum atomic E-state index is 11.5. The number of hydrogen-bond acceptors (Lipinski definition) is 2. The lowest BCUT2D eigenvalue weighted by molar-refractivity contribution is -0.122. The molecule has 22 heavy (non-hydrogen) atoms. The van der Waals surface area contributed by atoms with E-state index in [1.807, 2.05) is 0 Å². The minimum atomic E-state index is 0.181. The Bertz CT molecular complexity index is 550. The molecular weight excluding hydrogens is 276 g/mol. The molecule has 0 radical (unpaired) electrons. The Kier molecular flexibility index (Phi) is 5.81. The van der Waals surface area contributed by atoms with Gasteiger partial charge in [-0.25, -0.2) is 0 Å². The zero-order chi connectivity index (χ0) is 15.9. The fourth-order valence-corrected chi connectivity index (χ4v) is 2.30. The van der Waals surface area contributed by atoms with Gasteiger partial charge in [0.15, 0.2) is 5.96 Å². The zero-order valence-electron chi connectivity index (χ0n) is 13.7. The van der Waals surface area contributed by atoms with Crippen LogP contribution < -0.4 is 16.0 Å². The van der Waals surface area contributed by atoms with Crippen molar-refractivity contribution in [1.29, 1.82) is 0 Å². The van der Waals surface area contributed by atoms with Crippen LogP contribution in [0.1, 0.15) is 29.5 Å². The van der Waals surface area contributed by atoms with Crippen LogP contribution in [0.15, 0.2) is 23.2 Å². The quantitative estimate of drug-likeness (QED) is 0.424. The molecule has 1 aromatic carbocycles. The number of nitrogens with one attached hydrogen (secondary N) is 3. The lowest BCUT2D eigenvalue weighted by Crippen LogP contribution is -2.41. The van der Waals surface area contributed by atoms with E-state index in [2.05, 4.69) is 53.0 Å². The number of guanidine groups is 1. The normalized spacial score (nSPS) is 14.6.